The van der Waals surface area contributed by atoms with Crippen molar-refractivity contribution >= 4 is 0 Å². The average Bonchev–Trinajstić information content (AvgIpc) is 2.83. The second-order valence-electron chi connectivity index (χ2n) is 5.07. The smallest absolute Gasteiger partial charge is 0.117 e. The summed E-state index contributed by atoms with van der Waals surface area (Å²) in [6, 6.07) is 10.2. The Hall–Kier alpha value is -1.68. The van der Waals surface area contributed by atoms with Gasteiger partial charge in [-0.2, -0.15) is 15.0 Å². The van der Waals surface area contributed by atoms with E-state index >= 15 is 0 Å². The minimum Gasteiger partial charge on any atom is -0.311 e. The van der Waals surface area contributed by atoms with Crippen LogP contribution >= 0.6 is 0 Å². The van der Waals surface area contributed by atoms with Crippen LogP contribution in [0.1, 0.15) is 26.5 Å². The predicted octanol–water partition coefficient (Wildman–Crippen LogP) is 2.71. The fourth-order valence-electron chi connectivity index (χ4n) is 1.94. The Balaban J connectivity index is 2.19. The highest BCUT2D eigenvalue weighted by molar-refractivity contribution is 5.60. The maximum atomic E-state index is 4.56. The van der Waals surface area contributed by atoms with Crippen LogP contribution in [0.3, 0.4) is 0 Å². The molecule has 0 atom stereocenters. The largest absolute Gasteiger partial charge is 0.311 e. The van der Waals surface area contributed by atoms with Crippen LogP contribution in [0.15, 0.2) is 30.3 Å². The van der Waals surface area contributed by atoms with Gasteiger partial charge in [0.15, 0.2) is 0 Å². The lowest BCUT2D eigenvalue weighted by atomic mass is 10.1. The molecule has 0 saturated heterocycles. The molecule has 2 rings (SSSR count). The van der Waals surface area contributed by atoms with E-state index in [1.54, 1.807) is 4.80 Å². The van der Waals surface area contributed by atoms with Gasteiger partial charge in [0.2, 0.25) is 0 Å². The van der Waals surface area contributed by atoms with Crippen LogP contribution in [-0.2, 0) is 13.1 Å². The van der Waals surface area contributed by atoms with Crippen molar-refractivity contribution in [2.24, 2.45) is 5.92 Å². The van der Waals surface area contributed by atoms with Crippen molar-refractivity contribution in [1.82, 2.24) is 20.3 Å². The Morgan fingerprint density at radius 1 is 1.16 bits per heavy atom. The maximum absolute atomic E-state index is 4.56. The van der Waals surface area contributed by atoms with E-state index in [4.69, 9.17) is 0 Å². The number of benzene rings is 1. The molecule has 4 nitrogen and oxygen atoms in total. The van der Waals surface area contributed by atoms with Gasteiger partial charge in [0.05, 0.1) is 6.54 Å². The normalized spacial score (nSPS) is 11.2. The number of hydrogen-bond acceptors (Lipinski definition) is 3. The van der Waals surface area contributed by atoms with Crippen LogP contribution in [0.2, 0.25) is 0 Å². The Morgan fingerprint density at radius 3 is 2.53 bits per heavy atom. The summed E-state index contributed by atoms with van der Waals surface area (Å²) < 4.78 is 0. The highest BCUT2D eigenvalue weighted by atomic mass is 15.5. The van der Waals surface area contributed by atoms with Crippen molar-refractivity contribution in [2.75, 3.05) is 6.54 Å². The topological polar surface area (TPSA) is 42.7 Å². The van der Waals surface area contributed by atoms with E-state index in [2.05, 4.69) is 48.4 Å². The zero-order valence-electron chi connectivity index (χ0n) is 11.9. The van der Waals surface area contributed by atoms with Gasteiger partial charge in [0.1, 0.15) is 11.4 Å². The fraction of sp³-hybridized carbons (Fsp3) is 0.467. The molecule has 19 heavy (non-hydrogen) atoms. The highest BCUT2D eigenvalue weighted by Gasteiger charge is 2.12. The van der Waals surface area contributed by atoms with Gasteiger partial charge in [-0.1, -0.05) is 44.2 Å². The van der Waals surface area contributed by atoms with Crippen molar-refractivity contribution in [3.05, 3.63) is 36.0 Å². The second-order valence-corrected chi connectivity index (χ2v) is 5.07. The molecule has 0 spiro atoms. The summed E-state index contributed by atoms with van der Waals surface area (Å²) in [4.78, 5) is 1.76. The number of aryl methyl sites for hydroxylation is 1. The molecule has 0 aliphatic heterocycles. The molecule has 1 N–H and O–H groups in total. The Labute approximate surface area is 114 Å². The molecule has 0 fully saturated rings. The van der Waals surface area contributed by atoms with E-state index in [1.807, 2.05) is 18.2 Å². The minimum absolute atomic E-state index is 0.640. The van der Waals surface area contributed by atoms with Crippen molar-refractivity contribution in [1.29, 1.82) is 0 Å². The summed E-state index contributed by atoms with van der Waals surface area (Å²) in [5.41, 5.74) is 3.14. The van der Waals surface area contributed by atoms with Gasteiger partial charge in [-0.15, -0.1) is 0 Å². The monoisotopic (exact) mass is 258 g/mol. The maximum Gasteiger partial charge on any atom is 0.117 e. The minimum atomic E-state index is 0.640. The molecular weight excluding hydrogens is 236 g/mol. The predicted molar refractivity (Wildman–Crippen MR) is 77.7 cm³/mol. The van der Waals surface area contributed by atoms with Gasteiger partial charge >= 0.3 is 0 Å². The number of nitrogens with one attached hydrogen (secondary N) is 1. The van der Waals surface area contributed by atoms with E-state index in [1.165, 1.54) is 0 Å². The molecule has 1 aromatic heterocycles. The summed E-state index contributed by atoms with van der Waals surface area (Å²) in [5.74, 6) is 0.640. The van der Waals surface area contributed by atoms with Gasteiger partial charge in [0, 0.05) is 12.1 Å². The Bertz CT molecular complexity index is 502. The first-order valence-electron chi connectivity index (χ1n) is 6.90. The number of hydrogen-bond donors (Lipinski definition) is 1. The van der Waals surface area contributed by atoms with E-state index in [0.29, 0.717) is 5.92 Å². The van der Waals surface area contributed by atoms with E-state index < -0.39 is 0 Å². The van der Waals surface area contributed by atoms with Gasteiger partial charge < -0.3 is 5.32 Å². The molecule has 0 unspecified atom stereocenters. The summed E-state index contributed by atoms with van der Waals surface area (Å²) in [7, 11) is 0. The van der Waals surface area contributed by atoms with Crippen LogP contribution in [0.5, 0.6) is 0 Å². The summed E-state index contributed by atoms with van der Waals surface area (Å²) in [6.45, 7) is 9.02. The van der Waals surface area contributed by atoms with Gasteiger partial charge in [0.25, 0.3) is 0 Å². The molecule has 0 saturated carbocycles. The van der Waals surface area contributed by atoms with Gasteiger partial charge in [-0.25, -0.2) is 0 Å². The van der Waals surface area contributed by atoms with Crippen LogP contribution in [-0.4, -0.2) is 21.5 Å². The van der Waals surface area contributed by atoms with Crippen molar-refractivity contribution in [2.45, 2.75) is 33.9 Å². The van der Waals surface area contributed by atoms with E-state index in [-0.39, 0.29) is 0 Å². The summed E-state index contributed by atoms with van der Waals surface area (Å²) in [6.07, 6.45) is 0. The van der Waals surface area contributed by atoms with Crippen LogP contribution in [0.25, 0.3) is 11.3 Å². The van der Waals surface area contributed by atoms with Crippen molar-refractivity contribution in [3.63, 3.8) is 0 Å². The lowest BCUT2D eigenvalue weighted by Crippen LogP contribution is -2.19. The van der Waals surface area contributed by atoms with E-state index in [0.717, 1.165) is 36.6 Å². The first kappa shape index (κ1) is 13.7. The van der Waals surface area contributed by atoms with Crippen LogP contribution < -0.4 is 5.32 Å². The average molecular weight is 258 g/mol. The first-order chi connectivity index (χ1) is 9.20. The van der Waals surface area contributed by atoms with Gasteiger partial charge in [-0.3, -0.25) is 0 Å². The Kier molecular flexibility index (Phi) is 4.68. The molecular formula is C15H22N4. The SMILES string of the molecule is CCn1nc(CNCC(C)C)c(-c2ccccc2)n1. The third kappa shape index (κ3) is 3.64. The molecule has 0 amide bonds. The quantitative estimate of drug-likeness (QED) is 0.866. The molecule has 1 heterocycles. The number of rotatable bonds is 6. The molecule has 0 bridgehead atoms. The third-order valence-corrected chi connectivity index (χ3v) is 2.90. The van der Waals surface area contributed by atoms with Crippen LogP contribution in [0.4, 0.5) is 0 Å². The Morgan fingerprint density at radius 2 is 1.89 bits per heavy atom. The number of nitrogens with zero attached hydrogens (tertiary/aromatic N) is 3. The molecule has 2 aromatic rings. The molecule has 0 aliphatic carbocycles. The second kappa shape index (κ2) is 6.48. The summed E-state index contributed by atoms with van der Waals surface area (Å²) in [5, 5.41) is 12.5. The first-order valence-corrected chi connectivity index (χ1v) is 6.90. The van der Waals surface area contributed by atoms with Crippen molar-refractivity contribution < 1.29 is 0 Å². The third-order valence-electron chi connectivity index (χ3n) is 2.90. The van der Waals surface area contributed by atoms with Crippen LogP contribution in [0, 0.1) is 5.92 Å². The van der Waals surface area contributed by atoms with Crippen molar-refractivity contribution in [3.8, 4) is 11.3 Å². The standard InChI is InChI=1S/C15H22N4/c1-4-19-17-14(11-16-10-12(2)3)15(18-19)13-8-6-5-7-9-13/h5-9,12,16H,4,10-11H2,1-3H3. The molecule has 102 valence electrons. The fourth-order valence-corrected chi connectivity index (χ4v) is 1.94. The van der Waals surface area contributed by atoms with E-state index in [9.17, 15) is 0 Å². The van der Waals surface area contributed by atoms with Gasteiger partial charge in [-0.05, 0) is 19.4 Å². The lowest BCUT2D eigenvalue weighted by molar-refractivity contribution is 0.532. The molecule has 0 radical (unpaired) electrons. The summed E-state index contributed by atoms with van der Waals surface area (Å²) >= 11 is 0. The zero-order chi connectivity index (χ0) is 13.7. The molecule has 4 heteroatoms. The highest BCUT2D eigenvalue weighted by Crippen LogP contribution is 2.19. The number of aromatic nitrogens is 3. The zero-order valence-corrected chi connectivity index (χ0v) is 11.9. The molecule has 0 aliphatic rings. The molecule has 1 aromatic carbocycles. The lowest BCUT2D eigenvalue weighted by Gasteiger charge is -2.06.